The van der Waals surface area contributed by atoms with Crippen LogP contribution in [0.25, 0.3) is 0 Å². The van der Waals surface area contributed by atoms with E-state index in [4.69, 9.17) is 0 Å². The molecule has 3 aromatic carbocycles. The highest BCUT2D eigenvalue weighted by molar-refractivity contribution is 14.1. The Labute approximate surface area is 177 Å². The molecule has 0 spiro atoms. The van der Waals surface area contributed by atoms with Crippen LogP contribution >= 0.6 is 22.6 Å². The fourth-order valence-electron chi connectivity index (χ4n) is 2.54. The lowest BCUT2D eigenvalue weighted by Gasteiger charge is -2.07. The number of nitrogens with zero attached hydrogens (tertiary/aromatic N) is 1. The lowest BCUT2D eigenvalue weighted by Crippen LogP contribution is -2.19. The molecule has 0 unspecified atom stereocenters. The van der Waals surface area contributed by atoms with Gasteiger partial charge in [-0.1, -0.05) is 48.5 Å². The molecule has 28 heavy (non-hydrogen) atoms. The zero-order chi connectivity index (χ0) is 19.8. The maximum absolute atomic E-state index is 12.3. The number of hydrogen-bond acceptors (Lipinski definition) is 3. The van der Waals surface area contributed by atoms with Crippen LogP contribution in [0.2, 0.25) is 0 Å². The van der Waals surface area contributed by atoms with Gasteiger partial charge >= 0.3 is 0 Å². The van der Waals surface area contributed by atoms with Crippen molar-refractivity contribution in [1.29, 1.82) is 0 Å². The van der Waals surface area contributed by atoms with Gasteiger partial charge in [-0.05, 0) is 64.0 Å². The van der Waals surface area contributed by atoms with Gasteiger partial charge in [-0.25, -0.2) is 5.43 Å². The van der Waals surface area contributed by atoms with Crippen LogP contribution in [0, 0.1) is 3.57 Å². The molecule has 3 aromatic rings. The summed E-state index contributed by atoms with van der Waals surface area (Å²) in [6.45, 7) is 0. The van der Waals surface area contributed by atoms with Crippen molar-refractivity contribution < 1.29 is 9.59 Å². The largest absolute Gasteiger partial charge is 0.326 e. The van der Waals surface area contributed by atoms with Gasteiger partial charge in [0.15, 0.2) is 0 Å². The smallest absolute Gasteiger partial charge is 0.271 e. The van der Waals surface area contributed by atoms with E-state index in [-0.39, 0.29) is 18.2 Å². The topological polar surface area (TPSA) is 70.6 Å². The van der Waals surface area contributed by atoms with Gasteiger partial charge in [0, 0.05) is 14.8 Å². The molecule has 2 amide bonds. The minimum atomic E-state index is -0.346. The van der Waals surface area contributed by atoms with Gasteiger partial charge < -0.3 is 5.32 Å². The molecule has 0 atom stereocenters. The molecule has 3 rings (SSSR count). The van der Waals surface area contributed by atoms with Gasteiger partial charge in [-0.15, -0.1) is 0 Å². The summed E-state index contributed by atoms with van der Waals surface area (Å²) in [4.78, 5) is 24.5. The number of nitrogens with one attached hydrogen (secondary N) is 2. The Bertz CT molecular complexity index is 1000. The van der Waals surface area contributed by atoms with Gasteiger partial charge in [0.2, 0.25) is 5.91 Å². The lowest BCUT2D eigenvalue weighted by molar-refractivity contribution is -0.115. The zero-order valence-corrected chi connectivity index (χ0v) is 17.1. The first kappa shape index (κ1) is 19.8. The summed E-state index contributed by atoms with van der Waals surface area (Å²) in [7, 11) is 0. The number of hydrogen-bond donors (Lipinski definition) is 2. The number of halogens is 1. The van der Waals surface area contributed by atoms with Gasteiger partial charge in [-0.3, -0.25) is 9.59 Å². The van der Waals surface area contributed by atoms with E-state index >= 15 is 0 Å². The normalized spacial score (nSPS) is 10.6. The quantitative estimate of drug-likeness (QED) is 0.313. The van der Waals surface area contributed by atoms with Crippen LogP contribution in [0.1, 0.15) is 21.5 Å². The van der Waals surface area contributed by atoms with E-state index in [0.29, 0.717) is 11.3 Å². The SMILES string of the molecule is O=C(Cc1ccccc1)Nc1cccc(C(=O)N/N=C/c2cccc(I)c2)c1. The molecule has 0 aliphatic rings. The van der Waals surface area contributed by atoms with E-state index in [1.807, 2.05) is 54.6 Å². The van der Waals surface area contributed by atoms with Gasteiger partial charge in [0.05, 0.1) is 12.6 Å². The molecule has 0 aromatic heterocycles. The van der Waals surface area contributed by atoms with Crippen LogP contribution in [-0.4, -0.2) is 18.0 Å². The Morgan fingerprint density at radius 1 is 0.929 bits per heavy atom. The number of amides is 2. The molecule has 5 nitrogen and oxygen atoms in total. The lowest BCUT2D eigenvalue weighted by atomic mass is 10.1. The Morgan fingerprint density at radius 2 is 1.71 bits per heavy atom. The summed E-state index contributed by atoms with van der Waals surface area (Å²) in [6.07, 6.45) is 1.86. The molecule has 0 saturated heterocycles. The van der Waals surface area contributed by atoms with E-state index in [9.17, 15) is 9.59 Å². The predicted octanol–water partition coefficient (Wildman–Crippen LogP) is 4.24. The minimum Gasteiger partial charge on any atom is -0.326 e. The van der Waals surface area contributed by atoms with Crippen molar-refractivity contribution in [1.82, 2.24) is 5.43 Å². The molecule has 0 aliphatic carbocycles. The summed E-state index contributed by atoms with van der Waals surface area (Å²) in [5.41, 5.74) is 5.31. The Kier molecular flexibility index (Phi) is 6.91. The number of anilines is 1. The highest BCUT2D eigenvalue weighted by Gasteiger charge is 2.08. The van der Waals surface area contributed by atoms with E-state index in [2.05, 4.69) is 38.4 Å². The van der Waals surface area contributed by atoms with Crippen molar-refractivity contribution >= 4 is 46.3 Å². The molecule has 0 fully saturated rings. The van der Waals surface area contributed by atoms with E-state index in [0.717, 1.165) is 14.7 Å². The molecule has 2 N–H and O–H groups in total. The average Bonchev–Trinajstić information content (AvgIpc) is 2.69. The van der Waals surface area contributed by atoms with Crippen LogP contribution in [-0.2, 0) is 11.2 Å². The molecule has 6 heteroatoms. The first-order chi connectivity index (χ1) is 13.6. The third-order valence-corrected chi connectivity index (χ3v) is 4.52. The maximum Gasteiger partial charge on any atom is 0.271 e. The van der Waals surface area contributed by atoms with Gasteiger partial charge in [-0.2, -0.15) is 5.10 Å². The first-order valence-corrected chi connectivity index (χ1v) is 9.71. The summed E-state index contributed by atoms with van der Waals surface area (Å²) in [5.74, 6) is -0.485. The molecule has 0 saturated carbocycles. The number of hydrazone groups is 1. The minimum absolute atomic E-state index is 0.138. The van der Waals surface area contributed by atoms with Gasteiger partial charge in [0.25, 0.3) is 5.91 Å². The Balaban J connectivity index is 1.59. The zero-order valence-electron chi connectivity index (χ0n) is 14.9. The second kappa shape index (κ2) is 9.80. The van der Waals surface area contributed by atoms with Crippen molar-refractivity contribution in [2.24, 2.45) is 5.10 Å². The monoisotopic (exact) mass is 483 g/mol. The van der Waals surface area contributed by atoms with Crippen molar-refractivity contribution in [2.75, 3.05) is 5.32 Å². The summed E-state index contributed by atoms with van der Waals surface area (Å²) >= 11 is 2.22. The van der Waals surface area contributed by atoms with E-state index in [1.165, 1.54) is 0 Å². The number of carbonyl (C=O) groups is 2. The fraction of sp³-hybridized carbons (Fsp3) is 0.0455. The third kappa shape index (κ3) is 6.02. The van der Waals surface area contributed by atoms with Gasteiger partial charge in [0.1, 0.15) is 0 Å². The van der Waals surface area contributed by atoms with Crippen molar-refractivity contribution in [3.8, 4) is 0 Å². The standard InChI is InChI=1S/C22H18IN3O2/c23-19-10-4-8-17(12-19)15-24-26-22(28)18-9-5-11-20(14-18)25-21(27)13-16-6-2-1-3-7-16/h1-12,14-15H,13H2,(H,25,27)(H,26,28)/b24-15+. The number of benzene rings is 3. The Hall–Kier alpha value is -3.00. The van der Waals surface area contributed by atoms with Crippen LogP contribution in [0.3, 0.4) is 0 Å². The second-order valence-corrected chi connectivity index (χ2v) is 7.29. The Morgan fingerprint density at radius 3 is 2.50 bits per heavy atom. The maximum atomic E-state index is 12.3. The molecule has 0 radical (unpaired) electrons. The number of rotatable bonds is 6. The molecular weight excluding hydrogens is 465 g/mol. The van der Waals surface area contributed by atoms with Crippen LogP contribution in [0.5, 0.6) is 0 Å². The fourth-order valence-corrected chi connectivity index (χ4v) is 3.11. The second-order valence-electron chi connectivity index (χ2n) is 6.05. The van der Waals surface area contributed by atoms with Crippen LogP contribution in [0.4, 0.5) is 5.69 Å². The van der Waals surface area contributed by atoms with Crippen molar-refractivity contribution in [2.45, 2.75) is 6.42 Å². The van der Waals surface area contributed by atoms with Crippen molar-refractivity contribution in [3.05, 3.63) is 99.1 Å². The van der Waals surface area contributed by atoms with Crippen LogP contribution in [0.15, 0.2) is 84.0 Å². The van der Waals surface area contributed by atoms with E-state index in [1.54, 1.807) is 30.5 Å². The van der Waals surface area contributed by atoms with Crippen LogP contribution < -0.4 is 10.7 Å². The highest BCUT2D eigenvalue weighted by Crippen LogP contribution is 2.12. The summed E-state index contributed by atoms with van der Waals surface area (Å²) in [6, 6.07) is 24.0. The molecule has 0 bridgehead atoms. The average molecular weight is 483 g/mol. The molecule has 140 valence electrons. The predicted molar refractivity (Wildman–Crippen MR) is 119 cm³/mol. The number of carbonyl (C=O) groups excluding carboxylic acids is 2. The third-order valence-electron chi connectivity index (χ3n) is 3.84. The molecule has 0 heterocycles. The van der Waals surface area contributed by atoms with E-state index < -0.39 is 0 Å². The summed E-state index contributed by atoms with van der Waals surface area (Å²) < 4.78 is 1.09. The highest BCUT2D eigenvalue weighted by atomic mass is 127. The molecule has 0 aliphatic heterocycles. The van der Waals surface area contributed by atoms with Crippen molar-refractivity contribution in [3.63, 3.8) is 0 Å². The molecular formula is C22H18IN3O2. The summed E-state index contributed by atoms with van der Waals surface area (Å²) in [5, 5.41) is 6.81. The first-order valence-electron chi connectivity index (χ1n) is 8.63.